The maximum absolute atomic E-state index is 6.01. The predicted molar refractivity (Wildman–Crippen MR) is 84.7 cm³/mol. The van der Waals surface area contributed by atoms with E-state index in [9.17, 15) is 0 Å². The SMILES string of the molecule is Cc1[nH]c2ccccc2c1CN1CCCC(C)C1CN. The number of hydrogen-bond acceptors (Lipinski definition) is 2. The molecule has 1 aliphatic heterocycles. The van der Waals surface area contributed by atoms with E-state index in [-0.39, 0.29) is 0 Å². The Hall–Kier alpha value is -1.32. The van der Waals surface area contributed by atoms with Gasteiger partial charge in [0, 0.05) is 35.7 Å². The summed E-state index contributed by atoms with van der Waals surface area (Å²) in [6.45, 7) is 7.47. The van der Waals surface area contributed by atoms with Crippen molar-refractivity contribution in [3.63, 3.8) is 0 Å². The molecule has 1 fully saturated rings. The summed E-state index contributed by atoms with van der Waals surface area (Å²) in [5, 5.41) is 1.36. The van der Waals surface area contributed by atoms with Crippen LogP contribution in [0.25, 0.3) is 10.9 Å². The molecule has 3 nitrogen and oxygen atoms in total. The third kappa shape index (κ3) is 2.36. The van der Waals surface area contributed by atoms with Crippen LogP contribution in [0.2, 0.25) is 0 Å². The van der Waals surface area contributed by atoms with Crippen LogP contribution in [0.4, 0.5) is 0 Å². The summed E-state index contributed by atoms with van der Waals surface area (Å²) in [6, 6.07) is 9.12. The molecule has 3 heteroatoms. The predicted octanol–water partition coefficient (Wildman–Crippen LogP) is 3.04. The number of H-pyrrole nitrogens is 1. The Morgan fingerprint density at radius 3 is 2.95 bits per heavy atom. The highest BCUT2D eigenvalue weighted by Gasteiger charge is 2.28. The summed E-state index contributed by atoms with van der Waals surface area (Å²) < 4.78 is 0. The minimum atomic E-state index is 0.525. The monoisotopic (exact) mass is 271 g/mol. The lowest BCUT2D eigenvalue weighted by atomic mass is 9.90. The molecule has 1 aromatic carbocycles. The maximum Gasteiger partial charge on any atom is 0.0459 e. The second kappa shape index (κ2) is 5.58. The van der Waals surface area contributed by atoms with Gasteiger partial charge in [0.15, 0.2) is 0 Å². The molecule has 1 aromatic heterocycles. The van der Waals surface area contributed by atoms with Gasteiger partial charge in [0.05, 0.1) is 0 Å². The molecule has 108 valence electrons. The van der Waals surface area contributed by atoms with Crippen molar-refractivity contribution in [2.45, 2.75) is 39.3 Å². The fourth-order valence-electron chi connectivity index (χ4n) is 3.65. The van der Waals surface area contributed by atoms with Crippen LogP contribution >= 0.6 is 0 Å². The Bertz CT molecular complexity index is 587. The Morgan fingerprint density at radius 2 is 2.15 bits per heavy atom. The number of rotatable bonds is 3. The van der Waals surface area contributed by atoms with Crippen molar-refractivity contribution >= 4 is 10.9 Å². The van der Waals surface area contributed by atoms with Gasteiger partial charge in [0.2, 0.25) is 0 Å². The Morgan fingerprint density at radius 1 is 1.35 bits per heavy atom. The molecule has 1 aliphatic rings. The van der Waals surface area contributed by atoms with E-state index in [0.717, 1.165) is 13.1 Å². The molecule has 20 heavy (non-hydrogen) atoms. The van der Waals surface area contributed by atoms with E-state index in [0.29, 0.717) is 12.0 Å². The van der Waals surface area contributed by atoms with Gasteiger partial charge in [-0.25, -0.2) is 0 Å². The molecular formula is C17H25N3. The first-order valence-corrected chi connectivity index (χ1v) is 7.71. The highest BCUT2D eigenvalue weighted by atomic mass is 15.2. The number of para-hydroxylation sites is 1. The van der Waals surface area contributed by atoms with E-state index in [1.54, 1.807) is 0 Å². The third-order valence-electron chi connectivity index (χ3n) is 4.86. The van der Waals surface area contributed by atoms with Gasteiger partial charge in [0.25, 0.3) is 0 Å². The van der Waals surface area contributed by atoms with Gasteiger partial charge in [-0.3, -0.25) is 4.90 Å². The van der Waals surface area contributed by atoms with Gasteiger partial charge >= 0.3 is 0 Å². The van der Waals surface area contributed by atoms with Gasteiger partial charge < -0.3 is 10.7 Å². The molecule has 2 aromatic rings. The minimum Gasteiger partial charge on any atom is -0.358 e. The van der Waals surface area contributed by atoms with Crippen LogP contribution < -0.4 is 5.73 Å². The number of likely N-dealkylation sites (tertiary alicyclic amines) is 1. The van der Waals surface area contributed by atoms with E-state index in [1.807, 2.05) is 0 Å². The van der Waals surface area contributed by atoms with Gasteiger partial charge in [-0.05, 0) is 43.9 Å². The van der Waals surface area contributed by atoms with Crippen molar-refractivity contribution in [1.29, 1.82) is 0 Å². The third-order valence-corrected chi connectivity index (χ3v) is 4.86. The molecule has 2 heterocycles. The molecule has 0 saturated carbocycles. The first-order valence-electron chi connectivity index (χ1n) is 7.71. The lowest BCUT2D eigenvalue weighted by Gasteiger charge is -2.39. The van der Waals surface area contributed by atoms with Crippen molar-refractivity contribution in [2.24, 2.45) is 11.7 Å². The maximum atomic E-state index is 6.01. The van der Waals surface area contributed by atoms with Crippen LogP contribution in [0.5, 0.6) is 0 Å². The van der Waals surface area contributed by atoms with Gasteiger partial charge in [-0.2, -0.15) is 0 Å². The van der Waals surface area contributed by atoms with E-state index in [2.05, 4.69) is 48.0 Å². The summed E-state index contributed by atoms with van der Waals surface area (Å²) in [4.78, 5) is 6.08. The van der Waals surface area contributed by atoms with Crippen LogP contribution in [0.3, 0.4) is 0 Å². The zero-order valence-electron chi connectivity index (χ0n) is 12.5. The van der Waals surface area contributed by atoms with Crippen LogP contribution in [0.15, 0.2) is 24.3 Å². The normalized spacial score (nSPS) is 24.4. The summed E-state index contributed by atoms with van der Waals surface area (Å²) in [5.41, 5.74) is 9.99. The van der Waals surface area contributed by atoms with E-state index in [1.165, 1.54) is 41.5 Å². The number of aromatic amines is 1. The van der Waals surface area contributed by atoms with Crippen molar-refractivity contribution < 1.29 is 0 Å². The number of hydrogen-bond donors (Lipinski definition) is 2. The molecule has 0 bridgehead atoms. The van der Waals surface area contributed by atoms with E-state index >= 15 is 0 Å². The molecule has 1 saturated heterocycles. The minimum absolute atomic E-state index is 0.525. The number of piperidine rings is 1. The van der Waals surface area contributed by atoms with Gasteiger partial charge in [-0.15, -0.1) is 0 Å². The Labute approximate surface area is 121 Å². The van der Waals surface area contributed by atoms with E-state index < -0.39 is 0 Å². The number of fused-ring (bicyclic) bond motifs is 1. The van der Waals surface area contributed by atoms with Crippen LogP contribution in [0, 0.1) is 12.8 Å². The number of nitrogens with one attached hydrogen (secondary N) is 1. The average Bonchev–Trinajstić information content (AvgIpc) is 2.76. The lowest BCUT2D eigenvalue weighted by Crippen LogP contribution is -2.48. The van der Waals surface area contributed by atoms with Crippen molar-refractivity contribution in [2.75, 3.05) is 13.1 Å². The zero-order chi connectivity index (χ0) is 14.1. The molecule has 3 rings (SSSR count). The fraction of sp³-hybridized carbons (Fsp3) is 0.529. The number of nitrogens with zero attached hydrogens (tertiary/aromatic N) is 1. The number of benzene rings is 1. The van der Waals surface area contributed by atoms with Gasteiger partial charge in [0.1, 0.15) is 0 Å². The van der Waals surface area contributed by atoms with Crippen LogP contribution in [0.1, 0.15) is 31.0 Å². The molecule has 0 spiro atoms. The summed E-state index contributed by atoms with van der Waals surface area (Å²) >= 11 is 0. The molecular weight excluding hydrogens is 246 g/mol. The summed E-state index contributed by atoms with van der Waals surface area (Å²) in [7, 11) is 0. The number of aryl methyl sites for hydroxylation is 1. The quantitative estimate of drug-likeness (QED) is 0.901. The molecule has 2 atom stereocenters. The summed E-state index contributed by atoms with van der Waals surface area (Å²) in [5.74, 6) is 0.708. The van der Waals surface area contributed by atoms with E-state index in [4.69, 9.17) is 5.73 Å². The smallest absolute Gasteiger partial charge is 0.0459 e. The largest absolute Gasteiger partial charge is 0.358 e. The second-order valence-electron chi connectivity index (χ2n) is 6.17. The molecule has 0 aliphatic carbocycles. The molecule has 0 amide bonds. The second-order valence-corrected chi connectivity index (χ2v) is 6.17. The fourth-order valence-corrected chi connectivity index (χ4v) is 3.65. The van der Waals surface area contributed by atoms with Crippen molar-refractivity contribution in [3.8, 4) is 0 Å². The highest BCUT2D eigenvalue weighted by Crippen LogP contribution is 2.28. The van der Waals surface area contributed by atoms with Crippen molar-refractivity contribution in [3.05, 3.63) is 35.5 Å². The average molecular weight is 271 g/mol. The van der Waals surface area contributed by atoms with Crippen LogP contribution in [-0.4, -0.2) is 29.0 Å². The summed E-state index contributed by atoms with van der Waals surface area (Å²) in [6.07, 6.45) is 2.60. The molecule has 2 unspecified atom stereocenters. The topological polar surface area (TPSA) is 45.0 Å². The molecule has 0 radical (unpaired) electrons. The van der Waals surface area contributed by atoms with Gasteiger partial charge in [-0.1, -0.05) is 25.1 Å². The first kappa shape index (κ1) is 13.7. The zero-order valence-corrected chi connectivity index (χ0v) is 12.5. The van der Waals surface area contributed by atoms with Crippen molar-refractivity contribution in [1.82, 2.24) is 9.88 Å². The van der Waals surface area contributed by atoms with Crippen LogP contribution in [-0.2, 0) is 6.54 Å². The highest BCUT2D eigenvalue weighted by molar-refractivity contribution is 5.84. The standard InChI is InChI=1S/C17H25N3/c1-12-6-5-9-20(17(12)10-18)11-15-13(2)19-16-8-4-3-7-14(15)16/h3-4,7-8,12,17,19H,5-6,9-11,18H2,1-2H3. The Kier molecular flexibility index (Phi) is 3.81. The Balaban J connectivity index is 1.90. The lowest BCUT2D eigenvalue weighted by molar-refractivity contribution is 0.0993. The number of aromatic nitrogens is 1. The molecule has 3 N–H and O–H groups in total. The first-order chi connectivity index (χ1) is 9.70. The number of nitrogens with two attached hydrogens (primary N) is 1.